The predicted octanol–water partition coefficient (Wildman–Crippen LogP) is 4.38. The van der Waals surface area contributed by atoms with Gasteiger partial charge in [-0.05, 0) is 48.4 Å². The molecule has 2 heterocycles. The van der Waals surface area contributed by atoms with Crippen molar-refractivity contribution in [3.63, 3.8) is 0 Å². The number of carbonyl (C=O) groups excluding carboxylic acids is 2. The number of hydroxylamine groups is 1. The number of hydrogen-bond donors (Lipinski definition) is 3. The van der Waals surface area contributed by atoms with Gasteiger partial charge < -0.3 is 5.32 Å². The van der Waals surface area contributed by atoms with Gasteiger partial charge in [-0.15, -0.1) is 23.1 Å². The molecule has 7 heteroatoms. The van der Waals surface area contributed by atoms with Gasteiger partial charge in [0.1, 0.15) is 0 Å². The lowest BCUT2D eigenvalue weighted by Gasteiger charge is -2.35. The Kier molecular flexibility index (Phi) is 6.01. The Bertz CT molecular complexity index is 798. The number of amides is 2. The number of thiophene rings is 1. The zero-order valence-electron chi connectivity index (χ0n) is 14.6. The van der Waals surface area contributed by atoms with E-state index in [1.54, 1.807) is 16.8 Å². The molecule has 0 spiro atoms. The van der Waals surface area contributed by atoms with Crippen LogP contribution in [0.4, 0.5) is 5.69 Å². The second kappa shape index (κ2) is 8.24. The van der Waals surface area contributed by atoms with E-state index in [4.69, 9.17) is 5.21 Å². The van der Waals surface area contributed by atoms with Crippen molar-refractivity contribution < 1.29 is 14.8 Å². The molecule has 1 aromatic carbocycles. The molecule has 0 radical (unpaired) electrons. The van der Waals surface area contributed by atoms with Crippen LogP contribution < -0.4 is 10.8 Å². The minimum absolute atomic E-state index is 0.0957. The maximum Gasteiger partial charge on any atom is 0.245 e. The first-order chi connectivity index (χ1) is 12.5. The standard InChI is InChI=1S/C19H22N2O3S2/c1-13(22)20-15-6-4-5-14(11-15)16-7-8-17(26-16)19(12-18(23)21-24)9-2-3-10-25-19/h4-8,11,24H,2-3,9-10,12H2,1H3,(H,20,22)(H,21,23)/t19-/m0/s1. The van der Waals surface area contributed by atoms with Gasteiger partial charge in [0.2, 0.25) is 11.8 Å². The van der Waals surface area contributed by atoms with E-state index < -0.39 is 0 Å². The lowest BCUT2D eigenvalue weighted by atomic mass is 9.94. The fourth-order valence-corrected chi connectivity index (χ4v) is 6.15. The summed E-state index contributed by atoms with van der Waals surface area (Å²) in [5.74, 6) is 0.577. The zero-order chi connectivity index (χ0) is 18.6. The van der Waals surface area contributed by atoms with Crippen LogP contribution in [-0.2, 0) is 14.3 Å². The molecule has 3 rings (SSSR count). The van der Waals surface area contributed by atoms with Crippen molar-refractivity contribution in [2.24, 2.45) is 0 Å². The smallest absolute Gasteiger partial charge is 0.245 e. The Morgan fingerprint density at radius 1 is 1.23 bits per heavy atom. The van der Waals surface area contributed by atoms with E-state index in [9.17, 15) is 9.59 Å². The van der Waals surface area contributed by atoms with Gasteiger partial charge in [0.05, 0.1) is 4.75 Å². The second-order valence-corrected chi connectivity index (χ2v) is 9.00. The third-order valence-corrected chi connectivity index (χ3v) is 7.53. The summed E-state index contributed by atoms with van der Waals surface area (Å²) >= 11 is 3.49. The van der Waals surface area contributed by atoms with E-state index in [-0.39, 0.29) is 23.0 Å². The van der Waals surface area contributed by atoms with Gasteiger partial charge in [-0.25, -0.2) is 5.48 Å². The Morgan fingerprint density at radius 2 is 2.08 bits per heavy atom. The summed E-state index contributed by atoms with van der Waals surface area (Å²) in [7, 11) is 0. The van der Waals surface area contributed by atoms with E-state index in [2.05, 4.69) is 17.4 Å². The molecule has 26 heavy (non-hydrogen) atoms. The Labute approximate surface area is 161 Å². The molecule has 1 saturated heterocycles. The van der Waals surface area contributed by atoms with Crippen molar-refractivity contribution in [1.82, 2.24) is 5.48 Å². The van der Waals surface area contributed by atoms with Crippen LogP contribution in [0, 0.1) is 0 Å². The van der Waals surface area contributed by atoms with Gasteiger partial charge in [-0.1, -0.05) is 18.6 Å². The van der Waals surface area contributed by atoms with E-state index >= 15 is 0 Å². The highest BCUT2D eigenvalue weighted by Gasteiger charge is 2.38. The highest BCUT2D eigenvalue weighted by Crippen LogP contribution is 2.50. The molecule has 1 atom stereocenters. The first-order valence-corrected chi connectivity index (χ1v) is 10.4. The van der Waals surface area contributed by atoms with Crippen molar-refractivity contribution >= 4 is 40.6 Å². The molecule has 2 aromatic rings. The molecule has 0 saturated carbocycles. The number of carbonyl (C=O) groups is 2. The Morgan fingerprint density at radius 3 is 2.77 bits per heavy atom. The topological polar surface area (TPSA) is 78.4 Å². The second-order valence-electron chi connectivity index (χ2n) is 6.44. The molecule has 1 aliphatic heterocycles. The molecular weight excluding hydrogens is 368 g/mol. The number of nitrogens with one attached hydrogen (secondary N) is 2. The molecule has 5 nitrogen and oxygen atoms in total. The molecule has 0 aliphatic carbocycles. The van der Waals surface area contributed by atoms with Gasteiger partial charge in [0.15, 0.2) is 0 Å². The normalized spacial score (nSPS) is 19.8. The molecule has 0 unspecified atom stereocenters. The van der Waals surface area contributed by atoms with Crippen LogP contribution in [-0.4, -0.2) is 22.8 Å². The summed E-state index contributed by atoms with van der Waals surface area (Å²) in [6.45, 7) is 1.49. The van der Waals surface area contributed by atoms with Crippen molar-refractivity contribution in [1.29, 1.82) is 0 Å². The fraction of sp³-hybridized carbons (Fsp3) is 0.368. The van der Waals surface area contributed by atoms with Crippen LogP contribution in [0.15, 0.2) is 36.4 Å². The maximum atomic E-state index is 11.9. The first-order valence-electron chi connectivity index (χ1n) is 8.58. The van der Waals surface area contributed by atoms with Gasteiger partial charge >= 0.3 is 0 Å². The minimum Gasteiger partial charge on any atom is -0.326 e. The molecule has 1 aliphatic rings. The summed E-state index contributed by atoms with van der Waals surface area (Å²) in [6, 6.07) is 11.9. The SMILES string of the molecule is CC(=O)Nc1cccc(-c2ccc([C@@]3(CC(=O)NO)CCCCS3)s2)c1. The molecule has 0 bridgehead atoms. The monoisotopic (exact) mass is 390 g/mol. The third-order valence-electron chi connectivity index (χ3n) is 4.45. The molecule has 138 valence electrons. The van der Waals surface area contributed by atoms with Gasteiger partial charge in [0, 0.05) is 28.8 Å². The van der Waals surface area contributed by atoms with Crippen molar-refractivity contribution in [2.75, 3.05) is 11.1 Å². The van der Waals surface area contributed by atoms with E-state index in [0.717, 1.165) is 46.0 Å². The Hall–Kier alpha value is -1.83. The lowest BCUT2D eigenvalue weighted by Crippen LogP contribution is -2.32. The number of rotatable bonds is 5. The summed E-state index contributed by atoms with van der Waals surface area (Å²) in [5, 5.41) is 11.8. The average Bonchev–Trinajstić information content (AvgIpc) is 3.13. The van der Waals surface area contributed by atoms with Crippen molar-refractivity contribution in [3.05, 3.63) is 41.3 Å². The average molecular weight is 391 g/mol. The maximum absolute atomic E-state index is 11.9. The van der Waals surface area contributed by atoms with Crippen molar-refractivity contribution in [2.45, 2.75) is 37.4 Å². The number of anilines is 1. The van der Waals surface area contributed by atoms with Crippen LogP contribution in [0.2, 0.25) is 0 Å². The minimum atomic E-state index is -0.345. The van der Waals surface area contributed by atoms with Gasteiger partial charge in [-0.3, -0.25) is 14.8 Å². The summed E-state index contributed by atoms with van der Waals surface area (Å²) in [6.07, 6.45) is 3.44. The summed E-state index contributed by atoms with van der Waals surface area (Å²) in [4.78, 5) is 25.4. The third kappa shape index (κ3) is 4.28. The van der Waals surface area contributed by atoms with E-state index in [0.29, 0.717) is 0 Å². The Balaban J connectivity index is 1.89. The first kappa shape index (κ1) is 18.9. The molecule has 1 aromatic heterocycles. The van der Waals surface area contributed by atoms with Gasteiger partial charge in [0.25, 0.3) is 0 Å². The van der Waals surface area contributed by atoms with E-state index in [1.165, 1.54) is 6.92 Å². The number of thioether (sulfide) groups is 1. The lowest BCUT2D eigenvalue weighted by molar-refractivity contribution is -0.129. The van der Waals surface area contributed by atoms with Crippen LogP contribution in [0.3, 0.4) is 0 Å². The highest BCUT2D eigenvalue weighted by molar-refractivity contribution is 8.00. The molecule has 2 amide bonds. The quantitative estimate of drug-likeness (QED) is 0.523. The van der Waals surface area contributed by atoms with E-state index in [1.807, 2.05) is 36.0 Å². The van der Waals surface area contributed by atoms with Crippen LogP contribution >= 0.6 is 23.1 Å². The predicted molar refractivity (Wildman–Crippen MR) is 107 cm³/mol. The molecule has 1 fully saturated rings. The van der Waals surface area contributed by atoms with Crippen LogP contribution in [0.5, 0.6) is 0 Å². The van der Waals surface area contributed by atoms with Gasteiger partial charge in [-0.2, -0.15) is 0 Å². The van der Waals surface area contributed by atoms with Crippen molar-refractivity contribution in [3.8, 4) is 10.4 Å². The fourth-order valence-electron chi connectivity index (χ4n) is 3.26. The largest absolute Gasteiger partial charge is 0.326 e. The molecular formula is C19H22N2O3S2. The molecule has 3 N–H and O–H groups in total. The summed E-state index contributed by atoms with van der Waals surface area (Å²) in [5.41, 5.74) is 3.59. The van der Waals surface area contributed by atoms with Crippen LogP contribution in [0.1, 0.15) is 37.5 Å². The number of hydrogen-bond acceptors (Lipinski definition) is 5. The summed E-state index contributed by atoms with van der Waals surface area (Å²) < 4.78 is -0.275. The highest BCUT2D eigenvalue weighted by atomic mass is 32.2. The zero-order valence-corrected chi connectivity index (χ0v) is 16.2. The number of benzene rings is 1. The van der Waals surface area contributed by atoms with Crippen LogP contribution in [0.25, 0.3) is 10.4 Å².